The molecule has 0 unspecified atom stereocenters. The molecule has 0 aliphatic carbocycles. The fourth-order valence-electron chi connectivity index (χ4n) is 2.86. The summed E-state index contributed by atoms with van der Waals surface area (Å²) in [5.74, 6) is 0.109. The number of fused-ring (bicyclic) bond motifs is 1. The average Bonchev–Trinajstić information content (AvgIpc) is 3.05. The number of nitrogens with zero attached hydrogens (tertiary/aromatic N) is 4. The molecule has 0 spiro atoms. The zero-order valence-electron chi connectivity index (χ0n) is 14.2. The molecule has 2 heterocycles. The van der Waals surface area contributed by atoms with E-state index in [9.17, 15) is 4.79 Å². The maximum Gasteiger partial charge on any atom is 0.338 e. The van der Waals surface area contributed by atoms with Gasteiger partial charge in [-0.1, -0.05) is 48.6 Å². The third-order valence-corrected chi connectivity index (χ3v) is 4.31. The maximum atomic E-state index is 12.7. The molecule has 7 nitrogen and oxygen atoms in total. The van der Waals surface area contributed by atoms with E-state index in [1.807, 2.05) is 19.1 Å². The topological polar surface area (TPSA) is 81.9 Å². The van der Waals surface area contributed by atoms with Gasteiger partial charge < -0.3 is 10.1 Å². The Morgan fingerprint density at radius 1 is 1.40 bits per heavy atom. The van der Waals surface area contributed by atoms with Gasteiger partial charge in [0.2, 0.25) is 5.95 Å². The van der Waals surface area contributed by atoms with Crippen molar-refractivity contribution in [3.63, 3.8) is 0 Å². The minimum absolute atomic E-state index is 0.368. The number of tetrazole rings is 1. The molecule has 0 saturated heterocycles. The summed E-state index contributed by atoms with van der Waals surface area (Å²) < 4.78 is 7.05. The number of ether oxygens (including phenoxy) is 1. The fourth-order valence-corrected chi connectivity index (χ4v) is 3.05. The van der Waals surface area contributed by atoms with Gasteiger partial charge in [0.05, 0.1) is 12.2 Å². The molecule has 1 N–H and O–H groups in total. The number of hydrogen-bond donors (Lipinski definition) is 1. The maximum absolute atomic E-state index is 12.7. The van der Waals surface area contributed by atoms with Crippen molar-refractivity contribution in [2.45, 2.75) is 39.2 Å². The van der Waals surface area contributed by atoms with Crippen LogP contribution >= 0.6 is 11.6 Å². The van der Waals surface area contributed by atoms with Crippen molar-refractivity contribution >= 4 is 23.5 Å². The van der Waals surface area contributed by atoms with E-state index in [2.05, 4.69) is 27.8 Å². The first kappa shape index (κ1) is 17.4. The van der Waals surface area contributed by atoms with Gasteiger partial charge in [0, 0.05) is 10.7 Å². The number of allylic oxidation sites excluding steroid dienone is 1. The van der Waals surface area contributed by atoms with Gasteiger partial charge in [-0.2, -0.15) is 4.68 Å². The van der Waals surface area contributed by atoms with Crippen molar-refractivity contribution in [2.75, 3.05) is 11.9 Å². The largest absolute Gasteiger partial charge is 0.462 e. The molecule has 1 aromatic heterocycles. The van der Waals surface area contributed by atoms with Crippen LogP contribution in [0.25, 0.3) is 0 Å². The van der Waals surface area contributed by atoms with Crippen LogP contribution in [0.5, 0.6) is 0 Å². The molecular weight excluding hydrogens is 342 g/mol. The molecule has 25 heavy (non-hydrogen) atoms. The first-order valence-electron chi connectivity index (χ1n) is 8.30. The molecule has 1 aliphatic heterocycles. The molecule has 3 rings (SSSR count). The molecule has 1 aromatic carbocycles. The zero-order chi connectivity index (χ0) is 17.8. The van der Waals surface area contributed by atoms with Gasteiger partial charge in [0.15, 0.2) is 0 Å². The van der Waals surface area contributed by atoms with Crippen LogP contribution < -0.4 is 5.32 Å². The summed E-state index contributed by atoms with van der Waals surface area (Å²) in [6.07, 6.45) is 2.94. The van der Waals surface area contributed by atoms with Gasteiger partial charge in [-0.05, 0) is 41.5 Å². The standard InChI is InChI=1S/C17H20ClN5O2/c1-3-4-5-9-25-16(24)14-11(2)19-17-20-21-22-23(17)15(14)12-7-6-8-13(18)10-12/h6-8,10,15H,3-5,9H2,1-2H3,(H,19,20,22)/t15-/m0/s1. The van der Waals surface area contributed by atoms with Crippen LogP contribution in [-0.2, 0) is 9.53 Å². The Morgan fingerprint density at radius 2 is 2.24 bits per heavy atom. The van der Waals surface area contributed by atoms with Crippen LogP contribution in [0.3, 0.4) is 0 Å². The van der Waals surface area contributed by atoms with E-state index < -0.39 is 6.04 Å². The number of carbonyl (C=O) groups excluding carboxylic acids is 1. The normalized spacial score (nSPS) is 16.4. The van der Waals surface area contributed by atoms with E-state index in [0.29, 0.717) is 28.8 Å². The van der Waals surface area contributed by atoms with Crippen LogP contribution in [0.1, 0.15) is 44.7 Å². The number of halogens is 1. The van der Waals surface area contributed by atoms with Gasteiger partial charge in [0.1, 0.15) is 6.04 Å². The highest BCUT2D eigenvalue weighted by molar-refractivity contribution is 6.30. The molecule has 0 fully saturated rings. The summed E-state index contributed by atoms with van der Waals surface area (Å²) in [7, 11) is 0. The summed E-state index contributed by atoms with van der Waals surface area (Å²) in [4.78, 5) is 12.7. The Hall–Kier alpha value is -2.41. The summed E-state index contributed by atoms with van der Waals surface area (Å²) in [6.45, 7) is 4.32. The Bertz CT molecular complexity index is 802. The first-order valence-corrected chi connectivity index (χ1v) is 8.68. The molecule has 2 aromatic rings. The lowest BCUT2D eigenvalue weighted by atomic mass is 9.96. The fraction of sp³-hybridized carbons (Fsp3) is 0.412. The minimum atomic E-state index is -0.483. The third-order valence-electron chi connectivity index (χ3n) is 4.08. The number of esters is 1. The molecule has 0 bridgehead atoms. The molecule has 132 valence electrons. The Morgan fingerprint density at radius 3 is 3.00 bits per heavy atom. The highest BCUT2D eigenvalue weighted by Crippen LogP contribution is 2.35. The van der Waals surface area contributed by atoms with E-state index >= 15 is 0 Å². The molecule has 8 heteroatoms. The minimum Gasteiger partial charge on any atom is -0.462 e. The second-order valence-electron chi connectivity index (χ2n) is 5.91. The quantitative estimate of drug-likeness (QED) is 0.627. The lowest BCUT2D eigenvalue weighted by Crippen LogP contribution is -2.29. The molecule has 0 saturated carbocycles. The average molecular weight is 362 g/mol. The van der Waals surface area contributed by atoms with Crippen molar-refractivity contribution < 1.29 is 9.53 Å². The van der Waals surface area contributed by atoms with Gasteiger partial charge in [0.25, 0.3) is 0 Å². The van der Waals surface area contributed by atoms with Crippen molar-refractivity contribution in [1.82, 2.24) is 20.2 Å². The monoisotopic (exact) mass is 361 g/mol. The number of benzene rings is 1. The predicted octanol–water partition coefficient (Wildman–Crippen LogP) is 3.35. The smallest absolute Gasteiger partial charge is 0.338 e. The van der Waals surface area contributed by atoms with Crippen molar-refractivity contribution in [3.8, 4) is 0 Å². The molecular formula is C17H20ClN5O2. The zero-order valence-corrected chi connectivity index (χ0v) is 15.0. The predicted molar refractivity (Wildman–Crippen MR) is 94.2 cm³/mol. The van der Waals surface area contributed by atoms with Crippen molar-refractivity contribution in [1.29, 1.82) is 0 Å². The van der Waals surface area contributed by atoms with E-state index in [1.165, 1.54) is 0 Å². The van der Waals surface area contributed by atoms with Crippen LogP contribution in [-0.4, -0.2) is 32.8 Å². The van der Waals surface area contributed by atoms with Gasteiger partial charge >= 0.3 is 5.97 Å². The van der Waals surface area contributed by atoms with Gasteiger partial charge in [-0.3, -0.25) is 0 Å². The first-order chi connectivity index (χ1) is 12.1. The lowest BCUT2D eigenvalue weighted by molar-refractivity contribution is -0.139. The van der Waals surface area contributed by atoms with Crippen LogP contribution in [0.2, 0.25) is 5.02 Å². The number of hydrogen-bond acceptors (Lipinski definition) is 6. The molecule has 0 amide bonds. The van der Waals surface area contributed by atoms with E-state index in [1.54, 1.807) is 16.8 Å². The Kier molecular flexibility index (Phi) is 5.33. The molecule has 1 atom stereocenters. The highest BCUT2D eigenvalue weighted by atomic mass is 35.5. The van der Waals surface area contributed by atoms with Crippen LogP contribution in [0, 0.1) is 0 Å². The SMILES string of the molecule is CCCCCOC(=O)C1=C(C)Nc2nnnn2[C@H]1c1cccc(Cl)c1. The number of unbranched alkanes of at least 4 members (excludes halogenated alkanes) is 2. The molecule has 1 aliphatic rings. The number of carbonyl (C=O) groups is 1. The summed E-state index contributed by atoms with van der Waals surface area (Å²) in [5, 5.41) is 15.3. The third kappa shape index (κ3) is 3.66. The molecule has 0 radical (unpaired) electrons. The number of aromatic nitrogens is 4. The van der Waals surface area contributed by atoms with E-state index in [0.717, 1.165) is 24.8 Å². The van der Waals surface area contributed by atoms with Crippen molar-refractivity contribution in [2.24, 2.45) is 0 Å². The van der Waals surface area contributed by atoms with E-state index in [4.69, 9.17) is 16.3 Å². The van der Waals surface area contributed by atoms with Gasteiger partial charge in [-0.25, -0.2) is 4.79 Å². The second kappa shape index (κ2) is 7.65. The lowest BCUT2D eigenvalue weighted by Gasteiger charge is -2.27. The summed E-state index contributed by atoms with van der Waals surface area (Å²) >= 11 is 6.14. The number of nitrogens with one attached hydrogen (secondary N) is 1. The van der Waals surface area contributed by atoms with Crippen molar-refractivity contribution in [3.05, 3.63) is 46.1 Å². The van der Waals surface area contributed by atoms with Crippen LogP contribution in [0.15, 0.2) is 35.5 Å². The second-order valence-corrected chi connectivity index (χ2v) is 6.35. The van der Waals surface area contributed by atoms with E-state index in [-0.39, 0.29) is 5.97 Å². The highest BCUT2D eigenvalue weighted by Gasteiger charge is 2.34. The number of anilines is 1. The van der Waals surface area contributed by atoms with Gasteiger partial charge in [-0.15, -0.1) is 0 Å². The summed E-state index contributed by atoms with van der Waals surface area (Å²) in [6, 6.07) is 6.84. The Labute approximate surface area is 151 Å². The Balaban J connectivity index is 1.94. The summed E-state index contributed by atoms with van der Waals surface area (Å²) in [5.41, 5.74) is 1.98. The number of rotatable bonds is 6. The van der Waals surface area contributed by atoms with Crippen LogP contribution in [0.4, 0.5) is 5.95 Å².